The molecule has 3 N–H and O–H groups in total. The van der Waals surface area contributed by atoms with Crippen LogP contribution in [0.25, 0.3) is 0 Å². The van der Waals surface area contributed by atoms with Gasteiger partial charge < -0.3 is 16.0 Å². The zero-order valence-corrected chi connectivity index (χ0v) is 10.2. The fourth-order valence-corrected chi connectivity index (χ4v) is 1.69. The summed E-state index contributed by atoms with van der Waals surface area (Å²) in [5.74, 6) is -0.359. The number of nitrogens with two attached hydrogens (primary N) is 1. The molecule has 0 aromatic heterocycles. The molecule has 0 heterocycles. The van der Waals surface area contributed by atoms with Crippen molar-refractivity contribution < 1.29 is 13.2 Å². The number of carbonyl (C=O) groups is 1. The summed E-state index contributed by atoms with van der Waals surface area (Å²) in [6, 6.07) is -0.449. The number of nitrogens with zero attached hydrogens (tertiary/aromatic N) is 1. The first-order valence-electron chi connectivity index (χ1n) is 4.59. The molecule has 1 amide bonds. The van der Waals surface area contributed by atoms with Gasteiger partial charge in [-0.15, -0.1) is 0 Å². The van der Waals surface area contributed by atoms with Crippen LogP contribution in [0.3, 0.4) is 0 Å². The zero-order valence-electron chi connectivity index (χ0n) is 9.36. The molecule has 15 heavy (non-hydrogen) atoms. The minimum atomic E-state index is -2.96. The van der Waals surface area contributed by atoms with Crippen LogP contribution in [-0.2, 0) is 14.6 Å². The van der Waals surface area contributed by atoms with Gasteiger partial charge in [0, 0.05) is 19.3 Å². The lowest BCUT2D eigenvalue weighted by Gasteiger charge is -2.21. The molecule has 7 heteroatoms. The topological polar surface area (TPSA) is 92.5 Å². The second kappa shape index (κ2) is 6.04. The lowest BCUT2D eigenvalue weighted by Crippen LogP contribution is -2.47. The summed E-state index contributed by atoms with van der Waals surface area (Å²) in [5, 5.41) is 2.76. The van der Waals surface area contributed by atoms with Crippen LogP contribution in [0.2, 0.25) is 0 Å². The maximum Gasteiger partial charge on any atom is 0.235 e. The van der Waals surface area contributed by atoms with Crippen molar-refractivity contribution in [3.05, 3.63) is 0 Å². The van der Waals surface area contributed by atoms with Crippen LogP contribution in [-0.4, -0.2) is 64.5 Å². The highest BCUT2D eigenvalue weighted by atomic mass is 32.2. The molecule has 0 rings (SSSR count). The number of amides is 1. The Morgan fingerprint density at radius 1 is 1.53 bits per heavy atom. The molecule has 0 fully saturated rings. The minimum absolute atomic E-state index is 0.0820. The van der Waals surface area contributed by atoms with Crippen LogP contribution < -0.4 is 11.1 Å². The van der Waals surface area contributed by atoms with Crippen LogP contribution in [0.5, 0.6) is 0 Å². The number of rotatable bonds is 7. The Bertz CT molecular complexity index is 302. The summed E-state index contributed by atoms with van der Waals surface area (Å²) >= 11 is 0. The fraction of sp³-hybridized carbons (Fsp3) is 0.875. The molecule has 0 bridgehead atoms. The van der Waals surface area contributed by atoms with E-state index in [0.29, 0.717) is 13.1 Å². The predicted octanol–water partition coefficient (Wildman–Crippen LogP) is -1.96. The molecular weight excluding hydrogens is 218 g/mol. The van der Waals surface area contributed by atoms with E-state index in [1.165, 1.54) is 6.26 Å². The summed E-state index contributed by atoms with van der Waals surface area (Å²) in [6.07, 6.45) is 1.18. The maximum absolute atomic E-state index is 10.9. The van der Waals surface area contributed by atoms with E-state index in [9.17, 15) is 13.2 Å². The van der Waals surface area contributed by atoms with Crippen molar-refractivity contribution in [3.8, 4) is 0 Å². The predicted molar refractivity (Wildman–Crippen MR) is 59.2 cm³/mol. The lowest BCUT2D eigenvalue weighted by atomic mass is 10.2. The number of nitrogens with one attached hydrogen (secondary N) is 1. The van der Waals surface area contributed by atoms with Gasteiger partial charge in [0.15, 0.2) is 0 Å². The third-order valence-electron chi connectivity index (χ3n) is 2.03. The van der Waals surface area contributed by atoms with Crippen molar-refractivity contribution in [2.75, 3.05) is 39.2 Å². The van der Waals surface area contributed by atoms with Crippen molar-refractivity contribution >= 4 is 15.7 Å². The SMILES string of the molecule is CNC(CN(C)CCS(C)(=O)=O)C(N)=O. The summed E-state index contributed by atoms with van der Waals surface area (Å²) < 4.78 is 21.8. The molecule has 0 aromatic rings. The van der Waals surface area contributed by atoms with Gasteiger partial charge >= 0.3 is 0 Å². The van der Waals surface area contributed by atoms with Gasteiger partial charge in [-0.25, -0.2) is 8.42 Å². The molecule has 0 saturated carbocycles. The van der Waals surface area contributed by atoms with Crippen LogP contribution in [0.15, 0.2) is 0 Å². The highest BCUT2D eigenvalue weighted by Gasteiger charge is 2.15. The molecule has 6 nitrogen and oxygen atoms in total. The van der Waals surface area contributed by atoms with E-state index in [0.717, 1.165) is 0 Å². The Morgan fingerprint density at radius 3 is 2.40 bits per heavy atom. The average molecular weight is 237 g/mol. The molecule has 0 saturated heterocycles. The van der Waals surface area contributed by atoms with Crippen molar-refractivity contribution in [2.45, 2.75) is 6.04 Å². The van der Waals surface area contributed by atoms with E-state index in [4.69, 9.17) is 5.73 Å². The normalized spacial score (nSPS) is 14.1. The fourth-order valence-electron chi connectivity index (χ4n) is 1.05. The third-order valence-corrected chi connectivity index (χ3v) is 2.95. The molecule has 90 valence electrons. The van der Waals surface area contributed by atoms with Crippen molar-refractivity contribution in [1.29, 1.82) is 0 Å². The van der Waals surface area contributed by atoms with Crippen LogP contribution in [0.4, 0.5) is 0 Å². The number of sulfone groups is 1. The molecule has 0 spiro atoms. The van der Waals surface area contributed by atoms with Gasteiger partial charge in [-0.05, 0) is 14.1 Å². The second-order valence-corrected chi connectivity index (χ2v) is 5.90. The summed E-state index contributed by atoms with van der Waals surface area (Å²) in [5.41, 5.74) is 5.13. The van der Waals surface area contributed by atoms with E-state index in [-0.39, 0.29) is 5.75 Å². The highest BCUT2D eigenvalue weighted by Crippen LogP contribution is 1.91. The van der Waals surface area contributed by atoms with E-state index < -0.39 is 21.8 Å². The van der Waals surface area contributed by atoms with Gasteiger partial charge in [-0.3, -0.25) is 4.79 Å². The van der Waals surface area contributed by atoms with E-state index in [2.05, 4.69) is 5.32 Å². The van der Waals surface area contributed by atoms with Crippen LogP contribution >= 0.6 is 0 Å². The highest BCUT2D eigenvalue weighted by molar-refractivity contribution is 7.90. The van der Waals surface area contributed by atoms with Gasteiger partial charge in [-0.1, -0.05) is 0 Å². The maximum atomic E-state index is 10.9. The molecule has 1 atom stereocenters. The third kappa shape index (κ3) is 7.29. The second-order valence-electron chi connectivity index (χ2n) is 3.64. The van der Waals surface area contributed by atoms with Crippen LogP contribution in [0, 0.1) is 0 Å². The number of hydrogen-bond donors (Lipinski definition) is 2. The first-order chi connectivity index (χ1) is 6.76. The standard InChI is InChI=1S/C8H19N3O3S/c1-10-7(8(9)12)6-11(2)4-5-15(3,13)14/h7,10H,4-6H2,1-3H3,(H2,9,12). The average Bonchev–Trinajstić information content (AvgIpc) is 2.09. The molecule has 1 unspecified atom stereocenters. The van der Waals surface area contributed by atoms with Crippen molar-refractivity contribution in [1.82, 2.24) is 10.2 Å². The lowest BCUT2D eigenvalue weighted by molar-refractivity contribution is -0.120. The van der Waals surface area contributed by atoms with Crippen LogP contribution in [0.1, 0.15) is 0 Å². The monoisotopic (exact) mass is 237 g/mol. The van der Waals surface area contributed by atoms with E-state index in [1.807, 2.05) is 0 Å². The molecule has 0 aromatic carbocycles. The molecule has 0 aliphatic carbocycles. The number of hydrogen-bond acceptors (Lipinski definition) is 5. The Balaban J connectivity index is 4.02. The molecular formula is C8H19N3O3S. The van der Waals surface area contributed by atoms with E-state index in [1.54, 1.807) is 19.0 Å². The summed E-state index contributed by atoms with van der Waals surface area (Å²) in [7, 11) is 0.427. The van der Waals surface area contributed by atoms with Gasteiger partial charge in [0.05, 0.1) is 11.8 Å². The number of primary amides is 1. The van der Waals surface area contributed by atoms with Crippen molar-refractivity contribution in [2.24, 2.45) is 5.73 Å². The first-order valence-corrected chi connectivity index (χ1v) is 6.65. The molecule has 0 aliphatic rings. The quantitative estimate of drug-likeness (QED) is 0.536. The molecule has 0 radical (unpaired) electrons. The zero-order chi connectivity index (χ0) is 12.1. The van der Waals surface area contributed by atoms with Gasteiger partial charge in [0.2, 0.25) is 5.91 Å². The number of likely N-dealkylation sites (N-methyl/N-ethyl adjacent to an activating group) is 2. The van der Waals surface area contributed by atoms with E-state index >= 15 is 0 Å². The smallest absolute Gasteiger partial charge is 0.235 e. The number of carbonyl (C=O) groups excluding carboxylic acids is 1. The summed E-state index contributed by atoms with van der Waals surface area (Å²) in [6.45, 7) is 0.797. The molecule has 0 aliphatic heterocycles. The Hall–Kier alpha value is -0.660. The Kier molecular flexibility index (Phi) is 5.77. The summed E-state index contributed by atoms with van der Waals surface area (Å²) in [4.78, 5) is 12.6. The van der Waals surface area contributed by atoms with Crippen molar-refractivity contribution in [3.63, 3.8) is 0 Å². The van der Waals surface area contributed by atoms with Gasteiger partial charge in [-0.2, -0.15) is 0 Å². The first kappa shape index (κ1) is 14.3. The minimum Gasteiger partial charge on any atom is -0.368 e. The van der Waals surface area contributed by atoms with Gasteiger partial charge in [0.25, 0.3) is 0 Å². The van der Waals surface area contributed by atoms with Gasteiger partial charge in [0.1, 0.15) is 9.84 Å². The Labute approximate surface area is 90.7 Å². The Morgan fingerprint density at radius 2 is 2.07 bits per heavy atom. The largest absolute Gasteiger partial charge is 0.368 e.